The van der Waals surface area contributed by atoms with Gasteiger partial charge in [0.1, 0.15) is 5.76 Å². The second kappa shape index (κ2) is 5.19. The fraction of sp³-hybridized carbons (Fsp3) is 0.167. The molecule has 0 unspecified atom stereocenters. The summed E-state index contributed by atoms with van der Waals surface area (Å²) in [4.78, 5) is 0. The van der Waals surface area contributed by atoms with E-state index in [4.69, 9.17) is 4.52 Å². The van der Waals surface area contributed by atoms with Crippen molar-refractivity contribution in [2.75, 3.05) is 0 Å². The molecule has 1 aromatic heterocycles. The van der Waals surface area contributed by atoms with Gasteiger partial charge in [0.15, 0.2) is 0 Å². The Balaban J connectivity index is 1.71. The third kappa shape index (κ3) is 2.26. The van der Waals surface area contributed by atoms with E-state index in [1.807, 2.05) is 6.07 Å². The molecule has 0 fully saturated rings. The zero-order chi connectivity index (χ0) is 14.1. The Bertz CT molecular complexity index is 704. The number of aromatic nitrogens is 1. The number of fused-ring (bicyclic) bond motifs is 2. The highest BCUT2D eigenvalue weighted by Crippen LogP contribution is 2.34. The molecule has 4 rings (SSSR count). The maximum atomic E-state index is 5.19. The van der Waals surface area contributed by atoms with E-state index in [1.54, 1.807) is 6.20 Å². The Morgan fingerprint density at radius 3 is 2.24 bits per heavy atom. The second-order valence-electron chi connectivity index (χ2n) is 5.37. The summed E-state index contributed by atoms with van der Waals surface area (Å²) in [6.45, 7) is 0.674. The van der Waals surface area contributed by atoms with E-state index in [-0.39, 0.29) is 6.04 Å². The molecule has 1 heterocycles. The van der Waals surface area contributed by atoms with Gasteiger partial charge in [-0.3, -0.25) is 5.32 Å². The van der Waals surface area contributed by atoms with Gasteiger partial charge >= 0.3 is 0 Å². The molecular formula is C18H16N2O. The molecule has 3 aromatic rings. The standard InChI is InChI=1S/C18H16N2O/c1-3-7-16-13(5-1)11-14-6-2-4-8-17(14)18(16)19-12-15-9-10-20-21-15/h1-10,18-19H,11-12H2. The van der Waals surface area contributed by atoms with Gasteiger partial charge in [0.05, 0.1) is 18.8 Å². The molecule has 1 N–H and O–H groups in total. The van der Waals surface area contributed by atoms with Crippen LogP contribution in [-0.2, 0) is 13.0 Å². The van der Waals surface area contributed by atoms with Crippen molar-refractivity contribution in [2.45, 2.75) is 19.0 Å². The van der Waals surface area contributed by atoms with Crippen LogP contribution in [0.25, 0.3) is 0 Å². The summed E-state index contributed by atoms with van der Waals surface area (Å²) in [5, 5.41) is 7.36. The van der Waals surface area contributed by atoms with Crippen LogP contribution in [0.3, 0.4) is 0 Å². The zero-order valence-corrected chi connectivity index (χ0v) is 11.6. The van der Waals surface area contributed by atoms with Crippen LogP contribution in [0.15, 0.2) is 65.3 Å². The molecule has 21 heavy (non-hydrogen) atoms. The van der Waals surface area contributed by atoms with Crippen molar-refractivity contribution in [3.63, 3.8) is 0 Å². The highest BCUT2D eigenvalue weighted by molar-refractivity contribution is 5.48. The highest BCUT2D eigenvalue weighted by Gasteiger charge is 2.24. The first-order valence-corrected chi connectivity index (χ1v) is 7.20. The van der Waals surface area contributed by atoms with E-state index < -0.39 is 0 Å². The molecule has 2 aromatic carbocycles. The summed E-state index contributed by atoms with van der Waals surface area (Å²) in [6.07, 6.45) is 2.69. The minimum absolute atomic E-state index is 0.205. The van der Waals surface area contributed by atoms with E-state index in [0.717, 1.165) is 12.2 Å². The number of rotatable bonds is 3. The molecular weight excluding hydrogens is 260 g/mol. The van der Waals surface area contributed by atoms with Crippen molar-refractivity contribution in [2.24, 2.45) is 0 Å². The van der Waals surface area contributed by atoms with Crippen molar-refractivity contribution in [3.05, 3.63) is 88.8 Å². The molecule has 0 atom stereocenters. The molecule has 1 aliphatic carbocycles. The highest BCUT2D eigenvalue weighted by atomic mass is 16.5. The van der Waals surface area contributed by atoms with Crippen LogP contribution in [0.4, 0.5) is 0 Å². The number of hydrogen-bond acceptors (Lipinski definition) is 3. The van der Waals surface area contributed by atoms with Crippen LogP contribution in [0.1, 0.15) is 34.1 Å². The lowest BCUT2D eigenvalue weighted by atomic mass is 9.82. The van der Waals surface area contributed by atoms with Gasteiger partial charge in [-0.05, 0) is 28.7 Å². The molecule has 3 nitrogen and oxygen atoms in total. The first-order valence-electron chi connectivity index (χ1n) is 7.20. The molecule has 0 amide bonds. The maximum absolute atomic E-state index is 5.19. The van der Waals surface area contributed by atoms with Crippen molar-refractivity contribution >= 4 is 0 Å². The van der Waals surface area contributed by atoms with Crippen LogP contribution >= 0.6 is 0 Å². The van der Waals surface area contributed by atoms with Crippen molar-refractivity contribution in [1.29, 1.82) is 0 Å². The minimum atomic E-state index is 0.205. The summed E-state index contributed by atoms with van der Waals surface area (Å²) in [7, 11) is 0. The molecule has 0 saturated heterocycles. The smallest absolute Gasteiger partial charge is 0.150 e. The molecule has 104 valence electrons. The van der Waals surface area contributed by atoms with Crippen LogP contribution < -0.4 is 5.32 Å². The van der Waals surface area contributed by atoms with E-state index >= 15 is 0 Å². The minimum Gasteiger partial charge on any atom is -0.360 e. The van der Waals surface area contributed by atoms with Gasteiger partial charge in [-0.2, -0.15) is 0 Å². The van der Waals surface area contributed by atoms with Crippen molar-refractivity contribution in [1.82, 2.24) is 10.5 Å². The molecule has 0 bridgehead atoms. The zero-order valence-electron chi connectivity index (χ0n) is 11.6. The molecule has 0 spiro atoms. The molecule has 0 saturated carbocycles. The lowest BCUT2D eigenvalue weighted by Gasteiger charge is -2.29. The lowest BCUT2D eigenvalue weighted by molar-refractivity contribution is 0.367. The van der Waals surface area contributed by atoms with Crippen molar-refractivity contribution < 1.29 is 4.52 Å². The summed E-state index contributed by atoms with van der Waals surface area (Å²) in [6, 6.07) is 19.4. The fourth-order valence-electron chi connectivity index (χ4n) is 3.08. The molecule has 3 heteroatoms. The SMILES string of the molecule is c1ccc2c(c1)Cc1ccccc1C2NCc1ccno1. The normalized spacial score (nSPS) is 13.7. The summed E-state index contributed by atoms with van der Waals surface area (Å²) in [5.41, 5.74) is 5.50. The number of nitrogens with one attached hydrogen (secondary N) is 1. The maximum Gasteiger partial charge on any atom is 0.150 e. The van der Waals surface area contributed by atoms with E-state index in [2.05, 4.69) is 59.0 Å². The predicted octanol–water partition coefficient (Wildman–Crippen LogP) is 3.46. The lowest BCUT2D eigenvalue weighted by Crippen LogP contribution is -2.26. The number of nitrogens with zero attached hydrogens (tertiary/aromatic N) is 1. The van der Waals surface area contributed by atoms with Gasteiger partial charge in [0, 0.05) is 6.07 Å². The predicted molar refractivity (Wildman–Crippen MR) is 80.9 cm³/mol. The summed E-state index contributed by atoms with van der Waals surface area (Å²) < 4.78 is 5.19. The quantitative estimate of drug-likeness (QED) is 0.796. The van der Waals surface area contributed by atoms with Crippen LogP contribution in [0.2, 0.25) is 0 Å². The topological polar surface area (TPSA) is 38.1 Å². The van der Waals surface area contributed by atoms with Crippen LogP contribution in [0.5, 0.6) is 0 Å². The average Bonchev–Trinajstić information content (AvgIpc) is 3.05. The first kappa shape index (κ1) is 12.4. The average molecular weight is 276 g/mol. The van der Waals surface area contributed by atoms with Gasteiger partial charge in [0.2, 0.25) is 0 Å². The Hall–Kier alpha value is -2.39. The van der Waals surface area contributed by atoms with E-state index in [1.165, 1.54) is 22.3 Å². The monoisotopic (exact) mass is 276 g/mol. The van der Waals surface area contributed by atoms with Crippen LogP contribution in [0, 0.1) is 0 Å². The van der Waals surface area contributed by atoms with Crippen LogP contribution in [-0.4, -0.2) is 5.16 Å². The van der Waals surface area contributed by atoms with Crippen molar-refractivity contribution in [3.8, 4) is 0 Å². The largest absolute Gasteiger partial charge is 0.360 e. The number of benzene rings is 2. The number of hydrogen-bond donors (Lipinski definition) is 1. The molecule has 1 aliphatic rings. The Labute approximate surface area is 123 Å². The Morgan fingerprint density at radius 2 is 1.62 bits per heavy atom. The molecule has 0 aliphatic heterocycles. The van der Waals surface area contributed by atoms with Gasteiger partial charge < -0.3 is 4.52 Å². The Morgan fingerprint density at radius 1 is 0.952 bits per heavy atom. The Kier molecular flexibility index (Phi) is 3.05. The summed E-state index contributed by atoms with van der Waals surface area (Å²) >= 11 is 0. The van der Waals surface area contributed by atoms with Gasteiger partial charge in [0.25, 0.3) is 0 Å². The van der Waals surface area contributed by atoms with Gasteiger partial charge in [-0.15, -0.1) is 0 Å². The summed E-state index contributed by atoms with van der Waals surface area (Å²) in [5.74, 6) is 0.857. The second-order valence-corrected chi connectivity index (χ2v) is 5.37. The van der Waals surface area contributed by atoms with Gasteiger partial charge in [-0.1, -0.05) is 53.7 Å². The molecule has 0 radical (unpaired) electrons. The van der Waals surface area contributed by atoms with E-state index in [0.29, 0.717) is 6.54 Å². The third-order valence-electron chi connectivity index (χ3n) is 4.08. The fourth-order valence-corrected chi connectivity index (χ4v) is 3.08. The third-order valence-corrected chi connectivity index (χ3v) is 4.08. The van der Waals surface area contributed by atoms with E-state index in [9.17, 15) is 0 Å². The van der Waals surface area contributed by atoms with Gasteiger partial charge in [-0.25, -0.2) is 0 Å². The first-order chi connectivity index (χ1) is 10.4.